The summed E-state index contributed by atoms with van der Waals surface area (Å²) in [6.07, 6.45) is 1.37. The minimum absolute atomic E-state index is 0.0853. The van der Waals surface area contributed by atoms with E-state index in [0.29, 0.717) is 16.9 Å². The number of aromatic nitrogens is 3. The summed E-state index contributed by atoms with van der Waals surface area (Å²) >= 11 is 0. The van der Waals surface area contributed by atoms with E-state index >= 15 is 0 Å². The quantitative estimate of drug-likeness (QED) is 0.610. The number of esters is 1. The zero-order valence-corrected chi connectivity index (χ0v) is 12.9. The number of hydrogen-bond donors (Lipinski definition) is 0. The van der Waals surface area contributed by atoms with Gasteiger partial charge in [-0.1, -0.05) is 10.6 Å². The molecule has 114 valence electrons. The first kappa shape index (κ1) is 16.0. The first-order chi connectivity index (χ1) is 10.3. The topological polar surface area (TPSA) is 87.3 Å². The molecule has 0 bridgehead atoms. The Morgan fingerprint density at radius 1 is 1.41 bits per heavy atom. The Hall–Kier alpha value is -2.38. The molecule has 0 aliphatic carbocycles. The van der Waals surface area contributed by atoms with Gasteiger partial charge in [0.1, 0.15) is 25.6 Å². The molecule has 0 aliphatic rings. The lowest BCUT2D eigenvalue weighted by Gasteiger charge is -2.18. The first-order valence-corrected chi connectivity index (χ1v) is 6.63. The molecule has 0 aliphatic heterocycles. The van der Waals surface area contributed by atoms with E-state index in [1.165, 1.54) is 13.3 Å². The van der Waals surface area contributed by atoms with Crippen molar-refractivity contribution in [2.75, 3.05) is 7.11 Å². The number of pyridine rings is 1. The first-order valence-electron chi connectivity index (χ1n) is 6.63. The lowest BCUT2D eigenvalue weighted by Crippen LogP contribution is -2.25. The van der Waals surface area contributed by atoms with Crippen molar-refractivity contribution in [3.05, 3.63) is 18.1 Å². The molecule has 8 heteroatoms. The summed E-state index contributed by atoms with van der Waals surface area (Å²) in [4.78, 5) is 20.0. The summed E-state index contributed by atoms with van der Waals surface area (Å²) in [5.41, 5.74) is 0.250. The number of ether oxygens (including phenoxy) is 2. The second-order valence-electron chi connectivity index (χ2n) is 5.60. The van der Waals surface area contributed by atoms with E-state index in [4.69, 9.17) is 21.8 Å². The van der Waals surface area contributed by atoms with Gasteiger partial charge in [0, 0.05) is 6.20 Å². The van der Waals surface area contributed by atoms with Crippen molar-refractivity contribution in [3.63, 3.8) is 0 Å². The highest BCUT2D eigenvalue weighted by atomic mass is 16.6. The molecule has 2 heterocycles. The van der Waals surface area contributed by atoms with Crippen molar-refractivity contribution in [1.29, 1.82) is 0 Å². The summed E-state index contributed by atoms with van der Waals surface area (Å²) in [5, 5.41) is 3.75. The predicted molar refractivity (Wildman–Crippen MR) is 79.0 cm³/mol. The highest BCUT2D eigenvalue weighted by molar-refractivity contribution is 6.32. The Morgan fingerprint density at radius 3 is 2.77 bits per heavy atom. The number of carbonyl (C=O) groups is 1. The van der Waals surface area contributed by atoms with E-state index in [1.807, 2.05) is 0 Å². The van der Waals surface area contributed by atoms with Gasteiger partial charge in [-0.3, -0.25) is 4.79 Å². The molecule has 7 nitrogen and oxygen atoms in total. The van der Waals surface area contributed by atoms with Crippen LogP contribution in [0.4, 0.5) is 0 Å². The van der Waals surface area contributed by atoms with Crippen molar-refractivity contribution in [3.8, 4) is 17.3 Å². The van der Waals surface area contributed by atoms with Crippen LogP contribution in [0.15, 0.2) is 16.8 Å². The minimum atomic E-state index is -0.564. The molecule has 0 spiro atoms. The van der Waals surface area contributed by atoms with E-state index in [9.17, 15) is 4.79 Å². The highest BCUT2D eigenvalue weighted by Gasteiger charge is 2.20. The third kappa shape index (κ3) is 4.06. The third-order valence-corrected chi connectivity index (χ3v) is 2.49. The standard InChI is InChI=1S/C14H16BN3O4/c1-14(2,3)21-11(19)6-10-17-13(22-18-10)12-9(20-4)5-8(15)7-16-12/h5,7H,6H2,1-4H3. The largest absolute Gasteiger partial charge is 0.494 e. The Balaban J connectivity index is 2.17. The maximum absolute atomic E-state index is 11.7. The van der Waals surface area contributed by atoms with Crippen LogP contribution in [0.3, 0.4) is 0 Å². The Kier molecular flexibility index (Phi) is 4.49. The molecule has 0 unspecified atom stereocenters. The van der Waals surface area contributed by atoms with Crippen LogP contribution in [-0.4, -0.2) is 41.7 Å². The number of nitrogens with zero attached hydrogens (tertiary/aromatic N) is 3. The molecular weight excluding hydrogens is 285 g/mol. The molecule has 2 aromatic heterocycles. The van der Waals surface area contributed by atoms with E-state index < -0.39 is 11.6 Å². The lowest BCUT2D eigenvalue weighted by atomic mass is 9.98. The molecule has 0 fully saturated rings. The van der Waals surface area contributed by atoms with Crippen LogP contribution in [0.2, 0.25) is 0 Å². The summed E-state index contributed by atoms with van der Waals surface area (Å²) in [5.74, 6) is 0.338. The van der Waals surface area contributed by atoms with Crippen molar-refractivity contribution in [2.24, 2.45) is 0 Å². The number of carbonyl (C=O) groups excluding carboxylic acids is 1. The van der Waals surface area contributed by atoms with Crippen molar-refractivity contribution in [1.82, 2.24) is 15.1 Å². The van der Waals surface area contributed by atoms with Gasteiger partial charge in [0.05, 0.1) is 7.11 Å². The van der Waals surface area contributed by atoms with Crippen LogP contribution in [0.5, 0.6) is 5.75 Å². The number of rotatable bonds is 4. The lowest BCUT2D eigenvalue weighted by molar-refractivity contribution is -0.154. The van der Waals surface area contributed by atoms with Crippen LogP contribution >= 0.6 is 0 Å². The molecule has 0 saturated carbocycles. The second-order valence-corrected chi connectivity index (χ2v) is 5.60. The van der Waals surface area contributed by atoms with Gasteiger partial charge < -0.3 is 14.0 Å². The fraction of sp³-hybridized carbons (Fsp3) is 0.429. The molecule has 0 aromatic carbocycles. The van der Waals surface area contributed by atoms with Gasteiger partial charge in [0.25, 0.3) is 5.89 Å². The Labute approximate surface area is 129 Å². The second kappa shape index (κ2) is 6.17. The fourth-order valence-electron chi connectivity index (χ4n) is 1.70. The summed E-state index contributed by atoms with van der Waals surface area (Å²) in [6.45, 7) is 5.36. The van der Waals surface area contributed by atoms with Gasteiger partial charge in [0.2, 0.25) is 0 Å². The molecule has 2 aromatic rings. The van der Waals surface area contributed by atoms with Crippen LogP contribution < -0.4 is 10.2 Å². The van der Waals surface area contributed by atoms with Gasteiger partial charge >= 0.3 is 5.97 Å². The monoisotopic (exact) mass is 301 g/mol. The number of hydrogen-bond acceptors (Lipinski definition) is 7. The van der Waals surface area contributed by atoms with Gasteiger partial charge in [0.15, 0.2) is 11.5 Å². The molecule has 2 radical (unpaired) electrons. The zero-order valence-electron chi connectivity index (χ0n) is 12.9. The molecular formula is C14H16BN3O4. The van der Waals surface area contributed by atoms with Crippen molar-refractivity contribution < 1.29 is 18.8 Å². The van der Waals surface area contributed by atoms with Gasteiger partial charge in [-0.2, -0.15) is 4.98 Å². The van der Waals surface area contributed by atoms with Gasteiger partial charge in [-0.05, 0) is 26.8 Å². The molecule has 0 amide bonds. The molecule has 22 heavy (non-hydrogen) atoms. The summed E-state index contributed by atoms with van der Waals surface area (Å²) in [7, 11) is 7.12. The maximum atomic E-state index is 11.7. The molecule has 2 rings (SSSR count). The normalized spacial score (nSPS) is 11.3. The van der Waals surface area contributed by atoms with E-state index in [-0.39, 0.29) is 18.1 Å². The predicted octanol–water partition coefficient (Wildman–Crippen LogP) is 0.818. The molecule has 0 saturated heterocycles. The van der Waals surface area contributed by atoms with E-state index in [0.717, 1.165) is 0 Å². The molecule has 0 atom stereocenters. The maximum Gasteiger partial charge on any atom is 0.314 e. The van der Waals surface area contributed by atoms with Gasteiger partial charge in [-0.15, -0.1) is 0 Å². The van der Waals surface area contributed by atoms with Crippen LogP contribution in [-0.2, 0) is 16.0 Å². The smallest absolute Gasteiger partial charge is 0.314 e. The van der Waals surface area contributed by atoms with Crippen LogP contribution in [0.1, 0.15) is 26.6 Å². The van der Waals surface area contributed by atoms with Crippen molar-refractivity contribution >= 4 is 19.3 Å². The third-order valence-electron chi connectivity index (χ3n) is 2.49. The zero-order chi connectivity index (χ0) is 16.3. The Morgan fingerprint density at radius 2 is 2.14 bits per heavy atom. The van der Waals surface area contributed by atoms with E-state index in [1.54, 1.807) is 26.8 Å². The molecule has 0 N–H and O–H groups in total. The van der Waals surface area contributed by atoms with E-state index in [2.05, 4.69) is 15.1 Å². The fourth-order valence-corrected chi connectivity index (χ4v) is 1.70. The number of methoxy groups -OCH3 is 1. The van der Waals surface area contributed by atoms with Crippen molar-refractivity contribution in [2.45, 2.75) is 32.8 Å². The summed E-state index contributed by atoms with van der Waals surface area (Å²) in [6, 6.07) is 1.60. The average Bonchev–Trinajstić information content (AvgIpc) is 2.84. The average molecular weight is 301 g/mol. The highest BCUT2D eigenvalue weighted by Crippen LogP contribution is 2.24. The summed E-state index contributed by atoms with van der Waals surface area (Å²) < 4.78 is 15.5. The minimum Gasteiger partial charge on any atom is -0.494 e. The SMILES string of the molecule is [B]c1cnc(-c2nc(CC(=O)OC(C)(C)C)no2)c(OC)c1. The Bertz CT molecular complexity index is 679. The van der Waals surface area contributed by atoms with Gasteiger partial charge in [-0.25, -0.2) is 4.98 Å². The van der Waals surface area contributed by atoms with Crippen LogP contribution in [0.25, 0.3) is 11.6 Å². The van der Waals surface area contributed by atoms with Crippen LogP contribution in [0, 0.1) is 0 Å².